The molecule has 0 spiro atoms. The molecule has 6 heteroatoms. The van der Waals surface area contributed by atoms with E-state index >= 15 is 0 Å². The predicted octanol–water partition coefficient (Wildman–Crippen LogP) is 2.13. The summed E-state index contributed by atoms with van der Waals surface area (Å²) in [6.45, 7) is 2.51. The van der Waals surface area contributed by atoms with Gasteiger partial charge in [-0.3, -0.25) is 0 Å². The van der Waals surface area contributed by atoms with Gasteiger partial charge in [0.2, 0.25) is 0 Å². The number of nitrogens with zero attached hydrogens (tertiary/aromatic N) is 3. The molecule has 2 heterocycles. The summed E-state index contributed by atoms with van der Waals surface area (Å²) in [5, 5.41) is 12.2. The fourth-order valence-electron chi connectivity index (χ4n) is 1.79. The van der Waals surface area contributed by atoms with Gasteiger partial charge in [0.25, 0.3) is 0 Å². The van der Waals surface area contributed by atoms with E-state index in [1.54, 1.807) is 18.3 Å². The van der Waals surface area contributed by atoms with Crippen LogP contribution in [0.5, 0.6) is 0 Å². The minimum Gasteiger partial charge on any atom is -0.478 e. The molecule has 2 N–H and O–H groups in total. The van der Waals surface area contributed by atoms with Crippen molar-refractivity contribution in [2.24, 2.45) is 0 Å². The molecule has 0 aliphatic heterocycles. The lowest BCUT2D eigenvalue weighted by molar-refractivity contribution is 0.0696. The van der Waals surface area contributed by atoms with Gasteiger partial charge in [0.05, 0.1) is 17.8 Å². The van der Waals surface area contributed by atoms with Gasteiger partial charge in [0, 0.05) is 11.9 Å². The Morgan fingerprint density at radius 2 is 2.20 bits per heavy atom. The fraction of sp³-hybridized carbons (Fsp3) is 0.286. The Labute approximate surface area is 116 Å². The molecule has 104 valence electrons. The van der Waals surface area contributed by atoms with Crippen LogP contribution in [0.25, 0.3) is 0 Å². The third kappa shape index (κ3) is 3.74. The Balaban J connectivity index is 2.15. The third-order valence-electron chi connectivity index (χ3n) is 2.73. The normalized spacial score (nSPS) is 10.2. The van der Waals surface area contributed by atoms with Crippen LogP contribution in [0.2, 0.25) is 0 Å². The molecule has 6 nitrogen and oxygen atoms in total. The number of pyridine rings is 1. The van der Waals surface area contributed by atoms with Crippen molar-refractivity contribution in [1.29, 1.82) is 0 Å². The maximum Gasteiger partial charge on any atom is 0.335 e. The molecule has 0 saturated carbocycles. The van der Waals surface area contributed by atoms with E-state index in [1.165, 1.54) is 12.4 Å². The van der Waals surface area contributed by atoms with E-state index in [1.807, 2.05) is 6.92 Å². The second-order valence-corrected chi connectivity index (χ2v) is 4.34. The van der Waals surface area contributed by atoms with Crippen LogP contribution in [0.4, 0.5) is 5.82 Å². The predicted molar refractivity (Wildman–Crippen MR) is 74.6 cm³/mol. The summed E-state index contributed by atoms with van der Waals surface area (Å²) in [5.74, 6) is -0.401. The van der Waals surface area contributed by atoms with E-state index < -0.39 is 5.97 Å². The number of carbonyl (C=O) groups is 1. The highest BCUT2D eigenvalue weighted by Gasteiger charge is 2.08. The number of aryl methyl sites for hydroxylation is 1. The molecule has 0 aliphatic rings. The summed E-state index contributed by atoms with van der Waals surface area (Å²) in [4.78, 5) is 23.4. The first-order valence-corrected chi connectivity index (χ1v) is 6.42. The molecule has 2 aromatic heterocycles. The summed E-state index contributed by atoms with van der Waals surface area (Å²) < 4.78 is 0. The second-order valence-electron chi connectivity index (χ2n) is 4.34. The van der Waals surface area contributed by atoms with Crippen molar-refractivity contribution in [3.8, 4) is 0 Å². The van der Waals surface area contributed by atoms with E-state index in [2.05, 4.69) is 20.3 Å². The average molecular weight is 272 g/mol. The van der Waals surface area contributed by atoms with Gasteiger partial charge in [-0.05, 0) is 24.6 Å². The minimum absolute atomic E-state index is 0.244. The maximum atomic E-state index is 11.1. The molecule has 2 aromatic rings. The van der Waals surface area contributed by atoms with E-state index in [0.717, 1.165) is 24.2 Å². The number of anilines is 1. The van der Waals surface area contributed by atoms with Crippen LogP contribution in [0.3, 0.4) is 0 Å². The smallest absolute Gasteiger partial charge is 0.335 e. The van der Waals surface area contributed by atoms with Crippen molar-refractivity contribution in [2.75, 3.05) is 5.32 Å². The van der Waals surface area contributed by atoms with E-state index in [-0.39, 0.29) is 5.56 Å². The zero-order valence-electron chi connectivity index (χ0n) is 11.2. The number of hydrogen-bond acceptors (Lipinski definition) is 5. The van der Waals surface area contributed by atoms with Gasteiger partial charge in [-0.25, -0.2) is 19.7 Å². The first kappa shape index (κ1) is 13.9. The third-order valence-corrected chi connectivity index (χ3v) is 2.73. The average Bonchev–Trinajstić information content (AvgIpc) is 2.46. The summed E-state index contributed by atoms with van der Waals surface area (Å²) in [6.07, 6.45) is 4.80. The van der Waals surface area contributed by atoms with Gasteiger partial charge in [-0.1, -0.05) is 13.3 Å². The molecular weight excluding hydrogens is 256 g/mol. The highest BCUT2D eigenvalue weighted by Crippen LogP contribution is 2.13. The van der Waals surface area contributed by atoms with E-state index in [9.17, 15) is 4.79 Å². The van der Waals surface area contributed by atoms with E-state index in [4.69, 9.17) is 5.11 Å². The Hall–Kier alpha value is -2.50. The van der Waals surface area contributed by atoms with Gasteiger partial charge in [-0.2, -0.15) is 0 Å². The van der Waals surface area contributed by atoms with Gasteiger partial charge in [0.1, 0.15) is 12.1 Å². The van der Waals surface area contributed by atoms with Crippen LogP contribution in [-0.4, -0.2) is 26.0 Å². The lowest BCUT2D eigenvalue weighted by Gasteiger charge is -2.08. The standard InChI is InChI=1S/C14H16N4O2/c1-2-3-11-6-10(14(19)20)7-13(18-11)16-8-12-4-5-15-9-17-12/h4-7,9H,2-3,8H2,1H3,(H,16,18)(H,19,20). The molecule has 0 fully saturated rings. The topological polar surface area (TPSA) is 88.0 Å². The highest BCUT2D eigenvalue weighted by molar-refractivity contribution is 5.88. The fourth-order valence-corrected chi connectivity index (χ4v) is 1.79. The largest absolute Gasteiger partial charge is 0.478 e. The number of carboxylic acids is 1. The lowest BCUT2D eigenvalue weighted by Crippen LogP contribution is -2.07. The molecule has 0 aliphatic carbocycles. The summed E-state index contributed by atoms with van der Waals surface area (Å²) in [6, 6.07) is 4.94. The Morgan fingerprint density at radius 1 is 1.35 bits per heavy atom. The molecule has 0 radical (unpaired) electrons. The van der Waals surface area contributed by atoms with Crippen LogP contribution >= 0.6 is 0 Å². The Morgan fingerprint density at radius 3 is 2.85 bits per heavy atom. The minimum atomic E-state index is -0.949. The van der Waals surface area contributed by atoms with Crippen LogP contribution in [0.1, 0.15) is 35.1 Å². The molecule has 0 bridgehead atoms. The number of aromatic carboxylic acids is 1. The summed E-state index contributed by atoms with van der Waals surface area (Å²) >= 11 is 0. The second kappa shape index (κ2) is 6.60. The number of hydrogen-bond donors (Lipinski definition) is 2. The van der Waals surface area contributed by atoms with Gasteiger partial charge in [0.15, 0.2) is 0 Å². The van der Waals surface area contributed by atoms with E-state index in [0.29, 0.717) is 12.4 Å². The van der Waals surface area contributed by atoms with Crippen LogP contribution in [-0.2, 0) is 13.0 Å². The number of carboxylic acid groups (broad SMARTS) is 1. The van der Waals surface area contributed by atoms with Gasteiger partial charge in [-0.15, -0.1) is 0 Å². The number of nitrogens with one attached hydrogen (secondary N) is 1. The number of rotatable bonds is 6. The maximum absolute atomic E-state index is 11.1. The van der Waals surface area contributed by atoms with Crippen molar-refractivity contribution in [3.05, 3.63) is 47.7 Å². The first-order valence-electron chi connectivity index (χ1n) is 6.42. The van der Waals surface area contributed by atoms with Crippen molar-refractivity contribution in [2.45, 2.75) is 26.3 Å². The zero-order valence-corrected chi connectivity index (χ0v) is 11.2. The van der Waals surface area contributed by atoms with Gasteiger partial charge >= 0.3 is 5.97 Å². The van der Waals surface area contributed by atoms with Crippen LogP contribution in [0.15, 0.2) is 30.7 Å². The van der Waals surface area contributed by atoms with Gasteiger partial charge < -0.3 is 10.4 Å². The molecule has 20 heavy (non-hydrogen) atoms. The molecule has 0 atom stereocenters. The molecule has 0 aromatic carbocycles. The quantitative estimate of drug-likeness (QED) is 0.837. The Bertz CT molecular complexity index is 587. The van der Waals surface area contributed by atoms with Crippen molar-refractivity contribution < 1.29 is 9.90 Å². The Kier molecular flexibility index (Phi) is 4.60. The lowest BCUT2D eigenvalue weighted by atomic mass is 10.1. The molecule has 2 rings (SSSR count). The van der Waals surface area contributed by atoms with Crippen LogP contribution < -0.4 is 5.32 Å². The van der Waals surface area contributed by atoms with Crippen molar-refractivity contribution in [1.82, 2.24) is 15.0 Å². The first-order chi connectivity index (χ1) is 9.69. The summed E-state index contributed by atoms with van der Waals surface area (Å²) in [7, 11) is 0. The molecule has 0 unspecified atom stereocenters. The van der Waals surface area contributed by atoms with Crippen LogP contribution in [0, 0.1) is 0 Å². The SMILES string of the molecule is CCCc1cc(C(=O)O)cc(NCc2ccncn2)n1. The van der Waals surface area contributed by atoms with Crippen molar-refractivity contribution >= 4 is 11.8 Å². The van der Waals surface area contributed by atoms with Crippen molar-refractivity contribution in [3.63, 3.8) is 0 Å². The molecule has 0 saturated heterocycles. The molecular formula is C14H16N4O2. The summed E-state index contributed by atoms with van der Waals surface area (Å²) in [5.41, 5.74) is 1.84. The number of aromatic nitrogens is 3. The molecule has 0 amide bonds. The highest BCUT2D eigenvalue weighted by atomic mass is 16.4. The zero-order chi connectivity index (χ0) is 14.4. The monoisotopic (exact) mass is 272 g/mol.